The molecule has 1 aromatic heterocycles. The van der Waals surface area contributed by atoms with Crippen LogP contribution in [0.4, 0.5) is 17.3 Å². The first-order chi connectivity index (χ1) is 18.1. The molecular weight excluding hydrogens is 553 g/mol. The topological polar surface area (TPSA) is 130 Å². The van der Waals surface area contributed by atoms with E-state index in [1.807, 2.05) is 0 Å². The second kappa shape index (κ2) is 12.4. The maximum atomic E-state index is 11.6. The molecule has 0 bridgehead atoms. The van der Waals surface area contributed by atoms with Crippen molar-refractivity contribution >= 4 is 54.7 Å². The lowest BCUT2D eigenvalue weighted by atomic mass is 10.1. The van der Waals surface area contributed by atoms with E-state index in [-0.39, 0.29) is 24.9 Å². The van der Waals surface area contributed by atoms with E-state index in [0.29, 0.717) is 29.1 Å². The fraction of sp³-hybridized carbons (Fsp3) is 0.522. The van der Waals surface area contributed by atoms with Gasteiger partial charge >= 0.3 is 8.53 Å². The highest BCUT2D eigenvalue weighted by atomic mass is 35.5. The Morgan fingerprint density at radius 3 is 2.79 bits per heavy atom. The van der Waals surface area contributed by atoms with Gasteiger partial charge in [-0.3, -0.25) is 5.01 Å². The quantitative estimate of drug-likeness (QED) is 0.193. The van der Waals surface area contributed by atoms with Gasteiger partial charge in [0.1, 0.15) is 41.3 Å². The van der Waals surface area contributed by atoms with Gasteiger partial charge in [-0.25, -0.2) is 19.3 Å². The van der Waals surface area contributed by atoms with Crippen LogP contribution in [-0.4, -0.2) is 64.9 Å². The number of rotatable bonds is 12. The van der Waals surface area contributed by atoms with Gasteiger partial charge < -0.3 is 28.8 Å². The minimum Gasteiger partial charge on any atom is -0.436 e. The molecule has 15 heteroatoms. The average molecular weight is 586 g/mol. The molecule has 0 amide bonds. The zero-order valence-corrected chi connectivity index (χ0v) is 24.3. The van der Waals surface area contributed by atoms with Gasteiger partial charge in [0.25, 0.3) is 0 Å². The molecule has 5 unspecified atom stereocenters. The lowest BCUT2D eigenvalue weighted by Gasteiger charge is -2.28. The Morgan fingerprint density at radius 1 is 1.37 bits per heavy atom. The van der Waals surface area contributed by atoms with Crippen LogP contribution in [0.2, 0.25) is 5.02 Å². The molecule has 2 aromatic rings. The van der Waals surface area contributed by atoms with Crippen molar-refractivity contribution < 1.29 is 22.8 Å². The summed E-state index contributed by atoms with van der Waals surface area (Å²) in [6.45, 7) is 6.41. The number of hydrogen-bond acceptors (Lipinski definition) is 11. The summed E-state index contributed by atoms with van der Waals surface area (Å²) in [5.74, 6) is 2.07. The fourth-order valence-electron chi connectivity index (χ4n) is 4.17. The molecule has 4 rings (SSSR count). The van der Waals surface area contributed by atoms with E-state index < -0.39 is 25.1 Å². The molecular formula is C23H33ClN7O5PS. The Balaban J connectivity index is 1.41. The van der Waals surface area contributed by atoms with Gasteiger partial charge in [0.2, 0.25) is 0 Å². The second-order valence-electron chi connectivity index (χ2n) is 9.72. The van der Waals surface area contributed by atoms with Crippen LogP contribution in [0.3, 0.4) is 0 Å². The van der Waals surface area contributed by atoms with Crippen LogP contribution >= 0.6 is 20.1 Å². The third kappa shape index (κ3) is 7.09. The Morgan fingerprint density at radius 2 is 2.11 bits per heavy atom. The summed E-state index contributed by atoms with van der Waals surface area (Å²) in [4.78, 5) is 25.2. The largest absolute Gasteiger partial charge is 0.436 e. The number of nitrogens with zero attached hydrogens (tertiary/aromatic N) is 4. The van der Waals surface area contributed by atoms with Crippen molar-refractivity contribution in [2.24, 2.45) is 5.92 Å². The van der Waals surface area contributed by atoms with Gasteiger partial charge in [0, 0.05) is 24.2 Å². The van der Waals surface area contributed by atoms with Crippen molar-refractivity contribution in [2.45, 2.75) is 45.1 Å². The zero-order valence-electron chi connectivity index (χ0n) is 21.9. The van der Waals surface area contributed by atoms with Crippen LogP contribution in [0.15, 0.2) is 30.6 Å². The van der Waals surface area contributed by atoms with Crippen molar-refractivity contribution in [1.29, 1.82) is 0 Å². The lowest BCUT2D eigenvalue weighted by Crippen LogP contribution is -2.39. The standard InChI is InChI=1S/C23H33ClN7O5PS/c1-15-10-18(11-34-37(28-23(2,3)12-32)36-17-8-6-16(24)7-9-17)35-22(15)31-14-27-19-20(25-13-26-21(19)31)30(4)29-38(5)33/h6-9,12-13,15,18,22,27-29H,10-11,14H2,1-5H3. The number of benzene rings is 1. The molecule has 0 radical (unpaired) electrons. The van der Waals surface area contributed by atoms with Gasteiger partial charge in [-0.15, -0.1) is 4.83 Å². The van der Waals surface area contributed by atoms with E-state index in [4.69, 9.17) is 25.4 Å². The molecule has 3 heterocycles. The first-order valence-electron chi connectivity index (χ1n) is 12.0. The van der Waals surface area contributed by atoms with Crippen molar-refractivity contribution in [3.8, 4) is 5.75 Å². The van der Waals surface area contributed by atoms with Crippen LogP contribution in [-0.2, 0) is 25.0 Å². The van der Waals surface area contributed by atoms with E-state index in [2.05, 4.69) is 37.0 Å². The minimum absolute atomic E-state index is 0.188. The van der Waals surface area contributed by atoms with Gasteiger partial charge in [-0.05, 0) is 44.5 Å². The van der Waals surface area contributed by atoms with Crippen LogP contribution in [0.1, 0.15) is 27.2 Å². The van der Waals surface area contributed by atoms with Crippen LogP contribution in [0.5, 0.6) is 5.75 Å². The number of hydrazine groups is 1. The zero-order chi connectivity index (χ0) is 27.4. The number of fused-ring (bicyclic) bond motifs is 1. The lowest BCUT2D eigenvalue weighted by molar-refractivity contribution is -0.111. The summed E-state index contributed by atoms with van der Waals surface area (Å²) in [6, 6.07) is 6.96. The molecule has 3 N–H and O–H groups in total. The smallest absolute Gasteiger partial charge is 0.319 e. The molecule has 1 aromatic carbocycles. The van der Waals surface area contributed by atoms with Gasteiger partial charge in [0.05, 0.1) is 24.9 Å². The Bertz CT molecular complexity index is 1150. The number of halogens is 1. The number of nitrogens with one attached hydrogen (secondary N) is 3. The Hall–Kier alpha value is -2.12. The van der Waals surface area contributed by atoms with E-state index in [9.17, 15) is 9.00 Å². The normalized spacial score (nSPS) is 22.5. The highest BCUT2D eigenvalue weighted by Gasteiger charge is 2.41. The summed E-state index contributed by atoms with van der Waals surface area (Å²) in [5, 5.41) is 8.69. The van der Waals surface area contributed by atoms with Crippen molar-refractivity contribution in [2.75, 3.05) is 41.8 Å². The number of carbonyl (C=O) groups is 1. The van der Waals surface area contributed by atoms with E-state index in [1.165, 1.54) is 6.33 Å². The van der Waals surface area contributed by atoms with Gasteiger partial charge in [-0.2, -0.15) is 0 Å². The predicted molar refractivity (Wildman–Crippen MR) is 149 cm³/mol. The summed E-state index contributed by atoms with van der Waals surface area (Å²) in [6.07, 6.45) is 4.20. The van der Waals surface area contributed by atoms with Gasteiger partial charge in [-0.1, -0.05) is 18.5 Å². The molecule has 0 aliphatic carbocycles. The summed E-state index contributed by atoms with van der Waals surface area (Å²) in [5.41, 5.74) is -0.0946. The average Bonchev–Trinajstić information content (AvgIpc) is 3.46. The highest BCUT2D eigenvalue weighted by Crippen LogP contribution is 2.42. The second-order valence-corrected chi connectivity index (χ2v) is 12.4. The van der Waals surface area contributed by atoms with E-state index >= 15 is 0 Å². The number of anilines is 3. The Labute approximate surface area is 231 Å². The Kier molecular flexibility index (Phi) is 9.40. The summed E-state index contributed by atoms with van der Waals surface area (Å²) < 4.78 is 30.2. The number of aldehydes is 1. The third-order valence-corrected chi connectivity index (χ3v) is 8.20. The summed E-state index contributed by atoms with van der Waals surface area (Å²) in [7, 11) is -1.14. The van der Waals surface area contributed by atoms with Crippen LogP contribution in [0, 0.1) is 5.92 Å². The molecule has 208 valence electrons. The van der Waals surface area contributed by atoms with E-state index in [0.717, 1.165) is 18.4 Å². The summed E-state index contributed by atoms with van der Waals surface area (Å²) >= 11 is 5.99. The number of carbonyl (C=O) groups excluding carboxylic acids is 1. The first kappa shape index (κ1) is 28.9. The number of ether oxygens (including phenoxy) is 1. The molecule has 0 spiro atoms. The highest BCUT2D eigenvalue weighted by molar-refractivity contribution is 7.82. The molecule has 5 atom stereocenters. The molecule has 2 aliphatic rings. The molecule has 1 saturated heterocycles. The fourth-order valence-corrected chi connectivity index (χ4v) is 6.07. The molecule has 38 heavy (non-hydrogen) atoms. The van der Waals surface area contributed by atoms with Crippen LogP contribution in [0.25, 0.3) is 0 Å². The van der Waals surface area contributed by atoms with Crippen molar-refractivity contribution in [3.05, 3.63) is 35.6 Å². The van der Waals surface area contributed by atoms with Gasteiger partial charge in [0.15, 0.2) is 11.6 Å². The molecule has 0 saturated carbocycles. The molecule has 12 nitrogen and oxygen atoms in total. The number of hydrogen-bond donors (Lipinski definition) is 3. The first-order valence-corrected chi connectivity index (χ1v) is 15.1. The molecule has 2 aliphatic heterocycles. The van der Waals surface area contributed by atoms with Crippen molar-refractivity contribution in [1.82, 2.24) is 19.9 Å². The number of aromatic nitrogens is 2. The van der Waals surface area contributed by atoms with Crippen molar-refractivity contribution in [3.63, 3.8) is 0 Å². The van der Waals surface area contributed by atoms with E-state index in [1.54, 1.807) is 56.4 Å². The monoisotopic (exact) mass is 585 g/mol. The molecule has 1 fully saturated rings. The maximum absolute atomic E-state index is 11.6. The maximum Gasteiger partial charge on any atom is 0.319 e. The predicted octanol–water partition coefficient (Wildman–Crippen LogP) is 3.19. The third-order valence-electron chi connectivity index (χ3n) is 5.90. The SMILES string of the molecule is CC1CC(COP(NC(C)(C)C=O)Oc2ccc(Cl)cc2)OC1N1CNc2c(N(C)NS(C)=O)ncnc21. The minimum atomic E-state index is -1.64. The van der Waals surface area contributed by atoms with Crippen LogP contribution < -0.4 is 29.7 Å².